The van der Waals surface area contributed by atoms with Crippen molar-refractivity contribution < 1.29 is 10.0 Å². The summed E-state index contributed by atoms with van der Waals surface area (Å²) in [4.78, 5) is 27.3. The van der Waals surface area contributed by atoms with Crippen LogP contribution in [0.2, 0.25) is 0 Å². The molecule has 1 aliphatic rings. The molecule has 0 saturated carbocycles. The number of carbonyl (C=O) groups is 1. The Balaban J connectivity index is 2.11. The van der Waals surface area contributed by atoms with Gasteiger partial charge in [-0.15, -0.1) is 0 Å². The first-order chi connectivity index (χ1) is 9.11. The van der Waals surface area contributed by atoms with E-state index >= 15 is 0 Å². The first-order valence-corrected chi connectivity index (χ1v) is 6.07. The second-order valence-electron chi connectivity index (χ2n) is 4.56. The van der Waals surface area contributed by atoms with E-state index in [0.29, 0.717) is 18.7 Å². The molecule has 7 heteroatoms. The predicted molar refractivity (Wildman–Crippen MR) is 69.1 cm³/mol. The van der Waals surface area contributed by atoms with Crippen LogP contribution in [0.5, 0.6) is 0 Å². The number of hydrogen-bond donors (Lipinski definition) is 3. The maximum absolute atomic E-state index is 12.2. The van der Waals surface area contributed by atoms with Gasteiger partial charge >= 0.3 is 0 Å². The van der Waals surface area contributed by atoms with Crippen molar-refractivity contribution in [1.29, 1.82) is 0 Å². The molecule has 1 saturated heterocycles. The van der Waals surface area contributed by atoms with E-state index in [2.05, 4.69) is 10.1 Å². The molecule has 102 valence electrons. The minimum Gasteiger partial charge on any atom is -0.409 e. The van der Waals surface area contributed by atoms with E-state index in [1.165, 1.54) is 18.3 Å². The van der Waals surface area contributed by atoms with Gasteiger partial charge in [0, 0.05) is 31.3 Å². The van der Waals surface area contributed by atoms with Gasteiger partial charge in [-0.3, -0.25) is 9.59 Å². The van der Waals surface area contributed by atoms with E-state index in [4.69, 9.17) is 10.9 Å². The summed E-state index contributed by atoms with van der Waals surface area (Å²) in [7, 11) is 0. The number of pyridine rings is 1. The van der Waals surface area contributed by atoms with Crippen LogP contribution in [0.15, 0.2) is 28.3 Å². The van der Waals surface area contributed by atoms with Crippen molar-refractivity contribution in [1.82, 2.24) is 9.88 Å². The summed E-state index contributed by atoms with van der Waals surface area (Å²) in [5.41, 5.74) is 5.77. The molecular formula is C12H16N4O3. The molecule has 1 atom stereocenters. The number of rotatable bonds is 2. The molecule has 1 aromatic heterocycles. The molecule has 19 heavy (non-hydrogen) atoms. The lowest BCUT2D eigenvalue weighted by Crippen LogP contribution is -2.44. The van der Waals surface area contributed by atoms with Crippen molar-refractivity contribution >= 4 is 11.7 Å². The molecule has 0 bridgehead atoms. The summed E-state index contributed by atoms with van der Waals surface area (Å²) in [5.74, 6) is -0.129. The van der Waals surface area contributed by atoms with Crippen LogP contribution in [0.1, 0.15) is 23.2 Å². The van der Waals surface area contributed by atoms with E-state index in [1.807, 2.05) is 0 Å². The Labute approximate surface area is 109 Å². The molecule has 0 spiro atoms. The number of piperidine rings is 1. The fraction of sp³-hybridized carbons (Fsp3) is 0.417. The normalized spacial score (nSPS) is 20.3. The zero-order valence-corrected chi connectivity index (χ0v) is 10.4. The summed E-state index contributed by atoms with van der Waals surface area (Å²) in [6, 6.07) is 2.81. The van der Waals surface area contributed by atoms with Crippen LogP contribution < -0.4 is 11.3 Å². The molecular weight excluding hydrogens is 248 g/mol. The maximum Gasteiger partial charge on any atom is 0.255 e. The number of nitrogens with two attached hydrogens (primary N) is 1. The molecule has 1 fully saturated rings. The maximum atomic E-state index is 12.2. The zero-order valence-electron chi connectivity index (χ0n) is 10.4. The van der Waals surface area contributed by atoms with Crippen molar-refractivity contribution in [2.45, 2.75) is 12.8 Å². The van der Waals surface area contributed by atoms with E-state index in [9.17, 15) is 9.59 Å². The first-order valence-electron chi connectivity index (χ1n) is 6.07. The molecule has 1 aliphatic heterocycles. The highest BCUT2D eigenvalue weighted by atomic mass is 16.4. The highest BCUT2D eigenvalue weighted by molar-refractivity contribution is 5.94. The molecule has 2 heterocycles. The van der Waals surface area contributed by atoms with Gasteiger partial charge in [0.25, 0.3) is 5.91 Å². The molecule has 2 rings (SSSR count). The van der Waals surface area contributed by atoms with Crippen LogP contribution >= 0.6 is 0 Å². The van der Waals surface area contributed by atoms with Gasteiger partial charge in [-0.25, -0.2) is 0 Å². The summed E-state index contributed by atoms with van der Waals surface area (Å²) >= 11 is 0. The third kappa shape index (κ3) is 2.93. The van der Waals surface area contributed by atoms with Gasteiger partial charge in [0.05, 0.1) is 5.56 Å². The third-order valence-corrected chi connectivity index (χ3v) is 3.27. The van der Waals surface area contributed by atoms with Crippen LogP contribution in [0.4, 0.5) is 0 Å². The monoisotopic (exact) mass is 264 g/mol. The largest absolute Gasteiger partial charge is 0.409 e. The number of oxime groups is 1. The Hall–Kier alpha value is -2.31. The van der Waals surface area contributed by atoms with E-state index in [1.54, 1.807) is 4.90 Å². The molecule has 1 unspecified atom stereocenters. The van der Waals surface area contributed by atoms with E-state index < -0.39 is 0 Å². The molecule has 1 aromatic rings. The van der Waals surface area contributed by atoms with Crippen LogP contribution in [0.3, 0.4) is 0 Å². The lowest BCUT2D eigenvalue weighted by atomic mass is 9.96. The number of nitrogens with zero attached hydrogens (tertiary/aromatic N) is 2. The smallest absolute Gasteiger partial charge is 0.255 e. The Morgan fingerprint density at radius 2 is 2.32 bits per heavy atom. The molecule has 0 radical (unpaired) electrons. The van der Waals surface area contributed by atoms with Gasteiger partial charge in [-0.05, 0) is 18.9 Å². The van der Waals surface area contributed by atoms with Crippen molar-refractivity contribution in [3.8, 4) is 0 Å². The number of aromatic nitrogens is 1. The second-order valence-corrected chi connectivity index (χ2v) is 4.56. The highest BCUT2D eigenvalue weighted by Gasteiger charge is 2.26. The van der Waals surface area contributed by atoms with Crippen LogP contribution in [0.25, 0.3) is 0 Å². The molecule has 0 aromatic carbocycles. The highest BCUT2D eigenvalue weighted by Crippen LogP contribution is 2.18. The van der Waals surface area contributed by atoms with Gasteiger partial charge in [0.2, 0.25) is 5.56 Å². The SMILES string of the molecule is N/C(=N/O)C1CCCN(C(=O)c2ccc(=O)[nH]c2)C1. The van der Waals surface area contributed by atoms with Gasteiger partial charge in [0.15, 0.2) is 0 Å². The standard InChI is InChI=1S/C12H16N4O3/c13-11(15-19)9-2-1-5-16(7-9)12(18)8-3-4-10(17)14-6-8/h3-4,6,9,19H,1-2,5,7H2,(H2,13,15)(H,14,17). The van der Waals surface area contributed by atoms with E-state index in [0.717, 1.165) is 12.8 Å². The predicted octanol–water partition coefficient (Wildman–Crippen LogP) is -0.0265. The minimum absolute atomic E-state index is 0.120. The molecule has 4 N–H and O–H groups in total. The van der Waals surface area contributed by atoms with Gasteiger partial charge < -0.3 is 20.8 Å². The van der Waals surface area contributed by atoms with Crippen LogP contribution in [-0.2, 0) is 0 Å². The molecule has 0 aliphatic carbocycles. The summed E-state index contributed by atoms with van der Waals surface area (Å²) in [6.45, 7) is 1.06. The average molecular weight is 264 g/mol. The number of H-pyrrole nitrogens is 1. The molecule has 7 nitrogen and oxygen atoms in total. The summed E-state index contributed by atoms with van der Waals surface area (Å²) in [5, 5.41) is 11.7. The fourth-order valence-corrected chi connectivity index (χ4v) is 2.21. The number of amides is 1. The number of nitrogens with one attached hydrogen (secondary N) is 1. The van der Waals surface area contributed by atoms with Crippen molar-refractivity contribution in [2.75, 3.05) is 13.1 Å². The topological polar surface area (TPSA) is 112 Å². The Kier molecular flexibility index (Phi) is 3.84. The Morgan fingerprint density at radius 3 is 2.95 bits per heavy atom. The number of hydrogen-bond acceptors (Lipinski definition) is 4. The number of amidine groups is 1. The number of aromatic amines is 1. The van der Waals surface area contributed by atoms with Crippen molar-refractivity contribution in [3.05, 3.63) is 34.2 Å². The lowest BCUT2D eigenvalue weighted by Gasteiger charge is -2.32. The third-order valence-electron chi connectivity index (χ3n) is 3.27. The van der Waals surface area contributed by atoms with Crippen molar-refractivity contribution in [3.63, 3.8) is 0 Å². The summed E-state index contributed by atoms with van der Waals surface area (Å²) < 4.78 is 0. The van der Waals surface area contributed by atoms with Crippen LogP contribution in [0, 0.1) is 5.92 Å². The Bertz CT molecular complexity index is 532. The van der Waals surface area contributed by atoms with E-state index in [-0.39, 0.29) is 23.2 Å². The zero-order chi connectivity index (χ0) is 13.8. The second kappa shape index (κ2) is 5.55. The van der Waals surface area contributed by atoms with Crippen LogP contribution in [-0.4, -0.2) is 39.9 Å². The average Bonchev–Trinajstić information content (AvgIpc) is 2.46. The Morgan fingerprint density at radius 1 is 1.53 bits per heavy atom. The van der Waals surface area contributed by atoms with Crippen molar-refractivity contribution in [2.24, 2.45) is 16.8 Å². The van der Waals surface area contributed by atoms with Gasteiger partial charge in [-0.2, -0.15) is 0 Å². The van der Waals surface area contributed by atoms with Gasteiger partial charge in [0.1, 0.15) is 5.84 Å². The number of carbonyl (C=O) groups excluding carboxylic acids is 1. The quantitative estimate of drug-likeness (QED) is 0.301. The number of likely N-dealkylation sites (tertiary alicyclic amines) is 1. The first kappa shape index (κ1) is 13.1. The lowest BCUT2D eigenvalue weighted by molar-refractivity contribution is 0.0701. The fourth-order valence-electron chi connectivity index (χ4n) is 2.21. The molecule has 1 amide bonds. The van der Waals surface area contributed by atoms with Gasteiger partial charge in [-0.1, -0.05) is 5.16 Å². The summed E-state index contributed by atoms with van der Waals surface area (Å²) in [6.07, 6.45) is 3.00. The minimum atomic E-state index is -0.246.